The molecule has 0 bridgehead atoms. The summed E-state index contributed by atoms with van der Waals surface area (Å²) in [5.74, 6) is -0.673. The fourth-order valence-corrected chi connectivity index (χ4v) is 2.52. The standard InChI is InChI=1S/C13H14O3S/c1-2-17-9-5-3-8(4-6-9)12(14)10-7-11(10)13(15)16/h3-6,10-11H,2,7H2,1H3,(H,15,16). The van der Waals surface area contributed by atoms with Crippen molar-refractivity contribution in [3.8, 4) is 0 Å². The molecule has 90 valence electrons. The van der Waals surface area contributed by atoms with Crippen molar-refractivity contribution < 1.29 is 14.7 Å². The van der Waals surface area contributed by atoms with E-state index in [9.17, 15) is 9.59 Å². The Morgan fingerprint density at radius 3 is 2.41 bits per heavy atom. The highest BCUT2D eigenvalue weighted by Crippen LogP contribution is 2.41. The minimum Gasteiger partial charge on any atom is -0.481 e. The highest BCUT2D eigenvalue weighted by molar-refractivity contribution is 7.99. The second-order valence-electron chi connectivity index (χ2n) is 4.11. The van der Waals surface area contributed by atoms with E-state index in [4.69, 9.17) is 5.11 Å². The molecule has 17 heavy (non-hydrogen) atoms. The Morgan fingerprint density at radius 2 is 1.94 bits per heavy atom. The summed E-state index contributed by atoms with van der Waals surface area (Å²) in [7, 11) is 0. The monoisotopic (exact) mass is 250 g/mol. The molecule has 4 heteroatoms. The van der Waals surface area contributed by atoms with Gasteiger partial charge in [-0.25, -0.2) is 0 Å². The number of Topliss-reactive ketones (excluding diaryl/α,β-unsaturated/α-hetero) is 1. The zero-order valence-electron chi connectivity index (χ0n) is 9.55. The van der Waals surface area contributed by atoms with Gasteiger partial charge in [-0.15, -0.1) is 11.8 Å². The summed E-state index contributed by atoms with van der Waals surface area (Å²) in [6.07, 6.45) is 0.486. The highest BCUT2D eigenvalue weighted by Gasteiger charge is 2.48. The lowest BCUT2D eigenvalue weighted by Gasteiger charge is -2.01. The second-order valence-corrected chi connectivity index (χ2v) is 5.45. The largest absolute Gasteiger partial charge is 0.481 e. The second kappa shape index (κ2) is 4.92. The first-order valence-electron chi connectivity index (χ1n) is 5.63. The zero-order valence-corrected chi connectivity index (χ0v) is 10.4. The molecule has 2 rings (SSSR count). The molecule has 1 aliphatic rings. The van der Waals surface area contributed by atoms with Gasteiger partial charge >= 0.3 is 5.97 Å². The van der Waals surface area contributed by atoms with Crippen molar-refractivity contribution in [3.05, 3.63) is 29.8 Å². The zero-order chi connectivity index (χ0) is 12.4. The van der Waals surface area contributed by atoms with Gasteiger partial charge in [0.15, 0.2) is 5.78 Å². The van der Waals surface area contributed by atoms with Crippen LogP contribution in [0.15, 0.2) is 29.2 Å². The van der Waals surface area contributed by atoms with E-state index in [0.717, 1.165) is 10.6 Å². The molecule has 1 N–H and O–H groups in total. The summed E-state index contributed by atoms with van der Waals surface area (Å²) in [6.45, 7) is 2.07. The van der Waals surface area contributed by atoms with Crippen molar-refractivity contribution in [1.82, 2.24) is 0 Å². The SMILES string of the molecule is CCSc1ccc(C(=O)C2CC2C(=O)O)cc1. The molecule has 1 aliphatic carbocycles. The maximum Gasteiger partial charge on any atom is 0.307 e. The molecule has 0 amide bonds. The van der Waals surface area contributed by atoms with Crippen LogP contribution in [-0.4, -0.2) is 22.6 Å². The third-order valence-electron chi connectivity index (χ3n) is 2.89. The van der Waals surface area contributed by atoms with Gasteiger partial charge in [-0.2, -0.15) is 0 Å². The van der Waals surface area contributed by atoms with Gasteiger partial charge in [0.1, 0.15) is 0 Å². The molecule has 3 nitrogen and oxygen atoms in total. The Bertz CT molecular complexity index is 438. The van der Waals surface area contributed by atoms with Crippen LogP contribution in [-0.2, 0) is 4.79 Å². The van der Waals surface area contributed by atoms with Crippen LogP contribution in [0.3, 0.4) is 0 Å². The number of carboxylic acids is 1. The van der Waals surface area contributed by atoms with Crippen molar-refractivity contribution in [2.75, 3.05) is 5.75 Å². The van der Waals surface area contributed by atoms with E-state index in [1.54, 1.807) is 23.9 Å². The summed E-state index contributed by atoms with van der Waals surface area (Å²) in [5, 5.41) is 8.78. The van der Waals surface area contributed by atoms with E-state index in [1.807, 2.05) is 12.1 Å². The van der Waals surface area contributed by atoms with Crippen molar-refractivity contribution in [2.24, 2.45) is 11.8 Å². The van der Waals surface area contributed by atoms with E-state index < -0.39 is 11.9 Å². The highest BCUT2D eigenvalue weighted by atomic mass is 32.2. The summed E-state index contributed by atoms with van der Waals surface area (Å²) in [5.41, 5.74) is 0.624. The fraction of sp³-hybridized carbons (Fsp3) is 0.385. The Kier molecular flexibility index (Phi) is 3.52. The molecule has 0 aromatic heterocycles. The molecule has 0 heterocycles. The van der Waals surface area contributed by atoms with Crippen molar-refractivity contribution in [1.29, 1.82) is 0 Å². The minimum absolute atomic E-state index is 0.0366. The van der Waals surface area contributed by atoms with Gasteiger partial charge in [-0.05, 0) is 24.3 Å². The number of aliphatic carboxylic acids is 1. The van der Waals surface area contributed by atoms with Crippen LogP contribution in [0.2, 0.25) is 0 Å². The van der Waals surface area contributed by atoms with Crippen LogP contribution < -0.4 is 0 Å². The van der Waals surface area contributed by atoms with E-state index in [2.05, 4.69) is 6.92 Å². The molecule has 1 saturated carbocycles. The van der Waals surface area contributed by atoms with Gasteiger partial charge in [0, 0.05) is 16.4 Å². The van der Waals surface area contributed by atoms with Gasteiger partial charge in [-0.3, -0.25) is 9.59 Å². The smallest absolute Gasteiger partial charge is 0.307 e. The lowest BCUT2D eigenvalue weighted by molar-refractivity contribution is -0.138. The number of benzene rings is 1. The molecule has 1 fully saturated rings. The topological polar surface area (TPSA) is 54.4 Å². The predicted octanol–water partition coefficient (Wildman–Crippen LogP) is 2.70. The average molecular weight is 250 g/mol. The maximum atomic E-state index is 11.9. The normalized spacial score (nSPS) is 22.2. The molecule has 0 spiro atoms. The van der Waals surface area contributed by atoms with Gasteiger partial charge in [0.2, 0.25) is 0 Å². The number of carboxylic acid groups (broad SMARTS) is 1. The minimum atomic E-state index is -0.860. The quantitative estimate of drug-likeness (QED) is 0.645. The molecular weight excluding hydrogens is 236 g/mol. The first kappa shape index (κ1) is 12.2. The van der Waals surface area contributed by atoms with Gasteiger partial charge in [0.05, 0.1) is 5.92 Å². The number of thioether (sulfide) groups is 1. The molecule has 2 atom stereocenters. The molecule has 1 aromatic rings. The number of rotatable bonds is 5. The molecule has 1 aromatic carbocycles. The maximum absolute atomic E-state index is 11.9. The van der Waals surface area contributed by atoms with Crippen LogP contribution in [0, 0.1) is 11.8 Å². The Balaban J connectivity index is 2.03. The van der Waals surface area contributed by atoms with Gasteiger partial charge in [-0.1, -0.05) is 19.1 Å². The van der Waals surface area contributed by atoms with Crippen LogP contribution in [0.25, 0.3) is 0 Å². The molecule has 2 unspecified atom stereocenters. The first-order valence-corrected chi connectivity index (χ1v) is 6.62. The average Bonchev–Trinajstić information content (AvgIpc) is 3.09. The van der Waals surface area contributed by atoms with Crippen LogP contribution in [0.1, 0.15) is 23.7 Å². The molecular formula is C13H14O3S. The molecule has 0 aliphatic heterocycles. The number of carbonyl (C=O) groups is 2. The number of hydrogen-bond donors (Lipinski definition) is 1. The lowest BCUT2D eigenvalue weighted by Crippen LogP contribution is -2.08. The van der Waals surface area contributed by atoms with Crippen LogP contribution in [0.4, 0.5) is 0 Å². The number of hydrogen-bond acceptors (Lipinski definition) is 3. The summed E-state index contributed by atoms with van der Waals surface area (Å²) in [6, 6.07) is 7.41. The Labute approximate surface area is 104 Å². The summed E-state index contributed by atoms with van der Waals surface area (Å²) < 4.78 is 0. The molecule has 0 radical (unpaired) electrons. The van der Waals surface area contributed by atoms with Gasteiger partial charge < -0.3 is 5.11 Å². The van der Waals surface area contributed by atoms with E-state index >= 15 is 0 Å². The van der Waals surface area contributed by atoms with Crippen LogP contribution in [0.5, 0.6) is 0 Å². The van der Waals surface area contributed by atoms with E-state index in [0.29, 0.717) is 12.0 Å². The molecule has 0 saturated heterocycles. The number of ketones is 1. The van der Waals surface area contributed by atoms with E-state index in [-0.39, 0.29) is 11.7 Å². The Morgan fingerprint density at radius 1 is 1.29 bits per heavy atom. The third kappa shape index (κ3) is 2.69. The van der Waals surface area contributed by atoms with Gasteiger partial charge in [0.25, 0.3) is 0 Å². The fourth-order valence-electron chi connectivity index (χ4n) is 1.85. The van der Waals surface area contributed by atoms with Crippen molar-refractivity contribution in [2.45, 2.75) is 18.2 Å². The summed E-state index contributed by atoms with van der Waals surface area (Å²) in [4.78, 5) is 23.7. The third-order valence-corrected chi connectivity index (χ3v) is 3.79. The van der Waals surface area contributed by atoms with Crippen LogP contribution >= 0.6 is 11.8 Å². The Hall–Kier alpha value is -1.29. The van der Waals surface area contributed by atoms with Crippen molar-refractivity contribution >= 4 is 23.5 Å². The van der Waals surface area contributed by atoms with E-state index in [1.165, 1.54) is 0 Å². The van der Waals surface area contributed by atoms with Crippen molar-refractivity contribution in [3.63, 3.8) is 0 Å². The predicted molar refractivity (Wildman–Crippen MR) is 66.4 cm³/mol. The lowest BCUT2D eigenvalue weighted by atomic mass is 10.1. The first-order chi connectivity index (χ1) is 8.13. The summed E-state index contributed by atoms with van der Waals surface area (Å²) >= 11 is 1.72. The number of carbonyl (C=O) groups excluding carboxylic acids is 1.